The van der Waals surface area contributed by atoms with Gasteiger partial charge in [0.15, 0.2) is 9.84 Å². The highest BCUT2D eigenvalue weighted by molar-refractivity contribution is 7.91. The van der Waals surface area contributed by atoms with Gasteiger partial charge in [-0.05, 0) is 55.9 Å². The molecule has 1 heterocycles. The van der Waals surface area contributed by atoms with Gasteiger partial charge >= 0.3 is 0 Å². The molecule has 1 fully saturated rings. The Morgan fingerprint density at radius 3 is 2.74 bits per heavy atom. The average molecular weight is 448 g/mol. The zero-order valence-electron chi connectivity index (χ0n) is 18.3. The van der Waals surface area contributed by atoms with Crippen LogP contribution in [0.15, 0.2) is 40.4 Å². The van der Waals surface area contributed by atoms with Crippen molar-refractivity contribution < 1.29 is 18.3 Å². The molecule has 2 aliphatic rings. The summed E-state index contributed by atoms with van der Waals surface area (Å²) in [7, 11) is -3.20. The molecule has 1 saturated carbocycles. The molecular weight excluding hydrogens is 414 g/mol. The van der Waals surface area contributed by atoms with Crippen molar-refractivity contribution in [2.24, 2.45) is 16.6 Å². The maximum Gasteiger partial charge on any atom is 0.255 e. The molecule has 0 spiro atoms. The number of nitrogens with two attached hydrogens (primary N) is 1. The van der Waals surface area contributed by atoms with Crippen molar-refractivity contribution in [3.8, 4) is 0 Å². The molecule has 0 aromatic heterocycles. The van der Waals surface area contributed by atoms with E-state index in [1.165, 1.54) is 18.9 Å². The van der Waals surface area contributed by atoms with Crippen LogP contribution in [0.4, 0.5) is 0 Å². The van der Waals surface area contributed by atoms with Crippen LogP contribution >= 0.6 is 0 Å². The lowest BCUT2D eigenvalue weighted by atomic mass is 9.86. The molecule has 1 aromatic carbocycles. The Morgan fingerprint density at radius 1 is 1.35 bits per heavy atom. The van der Waals surface area contributed by atoms with E-state index in [2.05, 4.69) is 10.3 Å². The fraction of sp³-hybridized carbons (Fsp3) is 0.565. The Morgan fingerprint density at radius 2 is 2.06 bits per heavy atom. The van der Waals surface area contributed by atoms with Gasteiger partial charge in [-0.1, -0.05) is 37.8 Å². The van der Waals surface area contributed by atoms with E-state index in [9.17, 15) is 18.3 Å². The molecule has 1 unspecified atom stereocenters. The molecule has 1 aliphatic heterocycles. The lowest BCUT2D eigenvalue weighted by Crippen LogP contribution is -2.32. The third kappa shape index (κ3) is 6.40. The number of nitrogens with one attached hydrogen (secondary N) is 1. The predicted octanol–water partition coefficient (Wildman–Crippen LogP) is 2.44. The first-order chi connectivity index (χ1) is 14.5. The van der Waals surface area contributed by atoms with Crippen LogP contribution in [0.2, 0.25) is 0 Å². The summed E-state index contributed by atoms with van der Waals surface area (Å²) in [6, 6.07) is 5.25. The average Bonchev–Trinajstić information content (AvgIpc) is 3.30. The van der Waals surface area contributed by atoms with Crippen molar-refractivity contribution in [1.82, 2.24) is 5.32 Å². The maximum absolute atomic E-state index is 13.1. The lowest BCUT2D eigenvalue weighted by Gasteiger charge is -2.19. The van der Waals surface area contributed by atoms with E-state index in [4.69, 9.17) is 5.73 Å². The van der Waals surface area contributed by atoms with Crippen LogP contribution < -0.4 is 11.1 Å². The van der Waals surface area contributed by atoms with Crippen molar-refractivity contribution in [1.29, 1.82) is 0 Å². The highest BCUT2D eigenvalue weighted by Gasteiger charge is 2.30. The van der Waals surface area contributed by atoms with Crippen LogP contribution in [0.25, 0.3) is 0 Å². The van der Waals surface area contributed by atoms with Crippen LogP contribution in [-0.4, -0.2) is 43.2 Å². The molecule has 3 rings (SSSR count). The van der Waals surface area contributed by atoms with Crippen molar-refractivity contribution in [2.75, 3.05) is 12.3 Å². The van der Waals surface area contributed by atoms with Crippen LogP contribution in [0.5, 0.6) is 0 Å². The van der Waals surface area contributed by atoms with Crippen LogP contribution in [0, 0.1) is 5.92 Å². The molecular formula is C23H33N3O4S. The van der Waals surface area contributed by atoms with Crippen molar-refractivity contribution >= 4 is 21.6 Å². The lowest BCUT2D eigenvalue weighted by molar-refractivity contribution is -0.119. The minimum atomic E-state index is -3.20. The summed E-state index contributed by atoms with van der Waals surface area (Å²) in [6.45, 7) is 3.71. The summed E-state index contributed by atoms with van der Waals surface area (Å²) >= 11 is 0. The Hall–Kier alpha value is -2.19. The normalized spacial score (nSPS) is 20.2. The molecule has 0 saturated heterocycles. The van der Waals surface area contributed by atoms with Gasteiger partial charge in [0.1, 0.15) is 5.84 Å². The number of nitrogens with zero attached hydrogens (tertiary/aromatic N) is 1. The van der Waals surface area contributed by atoms with E-state index >= 15 is 0 Å². The zero-order chi connectivity index (χ0) is 22.6. The molecule has 31 heavy (non-hydrogen) atoms. The number of aliphatic imine (C=N–C) groups is 1. The molecule has 8 heteroatoms. The highest BCUT2D eigenvalue weighted by atomic mass is 32.2. The van der Waals surface area contributed by atoms with Gasteiger partial charge in [0, 0.05) is 12.7 Å². The third-order valence-corrected chi connectivity index (χ3v) is 7.76. The fourth-order valence-electron chi connectivity index (χ4n) is 4.32. The second-order valence-electron chi connectivity index (χ2n) is 9.28. The third-order valence-electron chi connectivity index (χ3n) is 5.95. The molecule has 1 amide bonds. The van der Waals surface area contributed by atoms with Gasteiger partial charge in [-0.15, -0.1) is 0 Å². The van der Waals surface area contributed by atoms with Gasteiger partial charge in [0.2, 0.25) is 0 Å². The number of carbonyl (C=O) groups excluding carboxylic acids is 1. The van der Waals surface area contributed by atoms with Crippen LogP contribution in [-0.2, 0) is 21.1 Å². The molecule has 1 atom stereocenters. The minimum absolute atomic E-state index is 0.0911. The van der Waals surface area contributed by atoms with Gasteiger partial charge in [-0.25, -0.2) is 8.42 Å². The molecule has 7 nitrogen and oxygen atoms in total. The number of benzene rings is 1. The van der Waals surface area contributed by atoms with Crippen LogP contribution in [0.1, 0.15) is 63.0 Å². The number of hydrogen-bond donors (Lipinski definition) is 3. The second kappa shape index (κ2) is 9.53. The zero-order valence-corrected chi connectivity index (χ0v) is 19.1. The predicted molar refractivity (Wildman–Crippen MR) is 122 cm³/mol. The van der Waals surface area contributed by atoms with E-state index in [1.54, 1.807) is 32.2 Å². The molecule has 170 valence electrons. The molecule has 1 aliphatic carbocycles. The first-order valence-electron chi connectivity index (χ1n) is 10.9. The number of aryl methyl sites for hydroxylation is 1. The summed E-state index contributed by atoms with van der Waals surface area (Å²) in [6.07, 6.45) is 8.80. The number of hydrogen-bond acceptors (Lipinski definition) is 5. The van der Waals surface area contributed by atoms with Gasteiger partial charge < -0.3 is 16.2 Å². The Labute approximate surface area is 184 Å². The van der Waals surface area contributed by atoms with E-state index in [1.807, 2.05) is 6.07 Å². The Kier molecular flexibility index (Phi) is 7.21. The van der Waals surface area contributed by atoms with Crippen molar-refractivity contribution in [2.45, 2.75) is 68.8 Å². The number of carbonyl (C=O) groups is 1. The first kappa shape index (κ1) is 23.5. The topological polar surface area (TPSA) is 122 Å². The summed E-state index contributed by atoms with van der Waals surface area (Å²) in [5.74, 6) is -0.0642. The fourth-order valence-corrected chi connectivity index (χ4v) is 5.87. The summed E-state index contributed by atoms with van der Waals surface area (Å²) in [4.78, 5) is 17.6. The van der Waals surface area contributed by atoms with Gasteiger partial charge in [-0.3, -0.25) is 4.79 Å². The Balaban J connectivity index is 1.79. The number of amidine groups is 1. The van der Waals surface area contributed by atoms with E-state index in [-0.39, 0.29) is 17.5 Å². The number of fused-ring (bicyclic) bond motifs is 1. The first-order valence-corrected chi connectivity index (χ1v) is 12.6. The van der Waals surface area contributed by atoms with Crippen LogP contribution in [0.3, 0.4) is 0 Å². The standard InChI is InChI=1S/C23H33N3O4S/c1-23(2,28)15-25-11-9-21(24)26-22(27)19(13-16-5-3-4-6-16)17-7-8-20-18(14-17)10-12-31(20,29)30/h7-9,11,14,16,19,25,28H,3-6,10,12-13,15H2,1-2H3,(H2,24,26,27)/b11-9-. The quantitative estimate of drug-likeness (QED) is 0.416. The Bertz CT molecular complexity index is 971. The second-order valence-corrected chi connectivity index (χ2v) is 11.4. The highest BCUT2D eigenvalue weighted by Crippen LogP contribution is 2.37. The summed E-state index contributed by atoms with van der Waals surface area (Å²) < 4.78 is 24.3. The number of aliphatic hydroxyl groups is 1. The summed E-state index contributed by atoms with van der Waals surface area (Å²) in [5.41, 5.74) is 6.67. The smallest absolute Gasteiger partial charge is 0.255 e. The van der Waals surface area contributed by atoms with Gasteiger partial charge in [0.05, 0.1) is 22.2 Å². The van der Waals surface area contributed by atoms with Gasteiger partial charge in [-0.2, -0.15) is 4.99 Å². The van der Waals surface area contributed by atoms with E-state index in [0.717, 1.165) is 24.0 Å². The maximum atomic E-state index is 13.1. The van der Waals surface area contributed by atoms with E-state index in [0.29, 0.717) is 30.2 Å². The largest absolute Gasteiger partial charge is 0.389 e. The molecule has 1 aromatic rings. The monoisotopic (exact) mass is 447 g/mol. The molecule has 0 radical (unpaired) electrons. The van der Waals surface area contributed by atoms with Gasteiger partial charge in [0.25, 0.3) is 5.91 Å². The SMILES string of the molecule is CC(C)(O)CN/C=C\C(N)=NC(=O)C(CC1CCCC1)c1ccc2c(c1)CCS2(=O)=O. The summed E-state index contributed by atoms with van der Waals surface area (Å²) in [5, 5.41) is 12.6. The molecule has 0 bridgehead atoms. The number of rotatable bonds is 8. The van der Waals surface area contributed by atoms with Crippen molar-refractivity contribution in [3.63, 3.8) is 0 Å². The van der Waals surface area contributed by atoms with E-state index < -0.39 is 21.4 Å². The number of amides is 1. The van der Waals surface area contributed by atoms with Crippen molar-refractivity contribution in [3.05, 3.63) is 41.6 Å². The number of sulfone groups is 1. The minimum Gasteiger partial charge on any atom is -0.389 e. The molecule has 4 N–H and O–H groups in total.